The monoisotopic (exact) mass is 312 g/mol. The van der Waals surface area contributed by atoms with Crippen LogP contribution in [0.15, 0.2) is 60.7 Å². The van der Waals surface area contributed by atoms with Crippen LogP contribution >= 0.6 is 11.6 Å². The Balaban J connectivity index is 1.86. The molecule has 4 heteroatoms. The molecule has 0 aliphatic carbocycles. The molecular weight excluding hydrogens is 296 g/mol. The van der Waals surface area contributed by atoms with E-state index in [1.54, 1.807) is 7.11 Å². The molecule has 1 heterocycles. The number of methoxy groups -OCH3 is 1. The Morgan fingerprint density at radius 2 is 1.82 bits per heavy atom. The molecule has 3 aromatic rings. The molecule has 0 bridgehead atoms. The van der Waals surface area contributed by atoms with Gasteiger partial charge in [-0.25, -0.2) is 4.98 Å². The first-order chi connectivity index (χ1) is 10.8. The second-order valence-corrected chi connectivity index (χ2v) is 5.53. The third-order valence-electron chi connectivity index (χ3n) is 3.53. The minimum atomic E-state index is 0.0240. The summed E-state index contributed by atoms with van der Waals surface area (Å²) in [6, 6.07) is 19.9. The van der Waals surface area contributed by atoms with Gasteiger partial charge in [0.25, 0.3) is 0 Å². The van der Waals surface area contributed by atoms with Gasteiger partial charge < -0.3 is 10.1 Å². The number of pyridine rings is 1. The van der Waals surface area contributed by atoms with E-state index in [-0.39, 0.29) is 6.04 Å². The highest BCUT2D eigenvalue weighted by atomic mass is 35.5. The van der Waals surface area contributed by atoms with Crippen molar-refractivity contribution in [1.29, 1.82) is 0 Å². The van der Waals surface area contributed by atoms with Crippen molar-refractivity contribution < 1.29 is 4.74 Å². The van der Waals surface area contributed by atoms with Crippen LogP contribution in [0.4, 0.5) is 5.82 Å². The maximum absolute atomic E-state index is 5.95. The average Bonchev–Trinajstić information content (AvgIpc) is 2.55. The van der Waals surface area contributed by atoms with Crippen molar-refractivity contribution in [3.63, 3.8) is 0 Å². The van der Waals surface area contributed by atoms with E-state index in [1.807, 2.05) is 48.5 Å². The molecule has 0 saturated heterocycles. The molecule has 112 valence electrons. The van der Waals surface area contributed by atoms with Gasteiger partial charge in [0, 0.05) is 17.5 Å². The van der Waals surface area contributed by atoms with Gasteiger partial charge in [0.1, 0.15) is 5.82 Å². The molecule has 0 saturated carbocycles. The normalized spacial score (nSPS) is 12.3. The van der Waals surface area contributed by atoms with Gasteiger partial charge >= 0.3 is 0 Å². The van der Waals surface area contributed by atoms with Gasteiger partial charge in [-0.05, 0) is 35.9 Å². The summed E-state index contributed by atoms with van der Waals surface area (Å²) in [5, 5.41) is 5.28. The number of hydrogen-bond acceptors (Lipinski definition) is 3. The van der Waals surface area contributed by atoms with Crippen molar-refractivity contribution in [2.45, 2.75) is 6.04 Å². The Morgan fingerprint density at radius 3 is 2.59 bits per heavy atom. The lowest BCUT2D eigenvalue weighted by Gasteiger charge is -2.19. The highest BCUT2D eigenvalue weighted by molar-refractivity contribution is 6.30. The summed E-state index contributed by atoms with van der Waals surface area (Å²) in [7, 11) is 1.69. The Hall–Kier alpha value is -2.10. The molecule has 0 amide bonds. The van der Waals surface area contributed by atoms with E-state index in [4.69, 9.17) is 16.3 Å². The predicted octanol–water partition coefficient (Wildman–Crippen LogP) is 4.69. The van der Waals surface area contributed by atoms with Crippen LogP contribution in [0.25, 0.3) is 10.9 Å². The van der Waals surface area contributed by atoms with Gasteiger partial charge in [0.2, 0.25) is 0 Å². The number of rotatable bonds is 5. The Morgan fingerprint density at radius 1 is 1.05 bits per heavy atom. The molecule has 22 heavy (non-hydrogen) atoms. The molecule has 2 aromatic carbocycles. The molecule has 1 N–H and O–H groups in total. The fraction of sp³-hybridized carbons (Fsp3) is 0.167. The molecule has 0 radical (unpaired) electrons. The number of nitrogens with one attached hydrogen (secondary N) is 1. The maximum atomic E-state index is 5.95. The van der Waals surface area contributed by atoms with E-state index < -0.39 is 0 Å². The van der Waals surface area contributed by atoms with Crippen LogP contribution in [0.5, 0.6) is 0 Å². The van der Waals surface area contributed by atoms with Crippen molar-refractivity contribution in [2.24, 2.45) is 0 Å². The van der Waals surface area contributed by atoms with Crippen LogP contribution in [-0.4, -0.2) is 18.7 Å². The summed E-state index contributed by atoms with van der Waals surface area (Å²) >= 11 is 5.95. The predicted molar refractivity (Wildman–Crippen MR) is 91.4 cm³/mol. The number of halogens is 1. The average molecular weight is 313 g/mol. The minimum absolute atomic E-state index is 0.0240. The number of nitrogens with zero attached hydrogens (tertiary/aromatic N) is 1. The van der Waals surface area contributed by atoms with Crippen molar-refractivity contribution in [1.82, 2.24) is 4.98 Å². The lowest BCUT2D eigenvalue weighted by Crippen LogP contribution is -2.16. The molecule has 0 aliphatic heterocycles. The summed E-state index contributed by atoms with van der Waals surface area (Å²) in [5.74, 6) is 0.829. The Labute approximate surface area is 134 Å². The highest BCUT2D eigenvalue weighted by Crippen LogP contribution is 2.22. The number of hydrogen-bond donors (Lipinski definition) is 1. The molecule has 0 spiro atoms. The molecule has 3 rings (SSSR count). The van der Waals surface area contributed by atoms with Crippen LogP contribution in [0.2, 0.25) is 5.02 Å². The smallest absolute Gasteiger partial charge is 0.127 e. The largest absolute Gasteiger partial charge is 0.382 e. The number of fused-ring (bicyclic) bond motifs is 1. The molecule has 0 unspecified atom stereocenters. The SMILES string of the molecule is COC[C@@H](Nc1ccc2ccccc2n1)c1ccc(Cl)cc1. The fourth-order valence-corrected chi connectivity index (χ4v) is 2.53. The summed E-state index contributed by atoms with van der Waals surface area (Å²) in [6.07, 6.45) is 0. The second-order valence-electron chi connectivity index (χ2n) is 5.09. The summed E-state index contributed by atoms with van der Waals surface area (Å²) in [5.41, 5.74) is 2.08. The van der Waals surface area contributed by atoms with Crippen LogP contribution in [0.3, 0.4) is 0 Å². The maximum Gasteiger partial charge on any atom is 0.127 e. The molecular formula is C18H17ClN2O. The van der Waals surface area contributed by atoms with E-state index in [2.05, 4.69) is 22.4 Å². The van der Waals surface area contributed by atoms with E-state index in [1.165, 1.54) is 0 Å². The summed E-state index contributed by atoms with van der Waals surface area (Å²) in [4.78, 5) is 4.65. The van der Waals surface area contributed by atoms with Crippen molar-refractivity contribution in [3.8, 4) is 0 Å². The zero-order valence-corrected chi connectivity index (χ0v) is 13.0. The van der Waals surface area contributed by atoms with Crippen LogP contribution in [0.1, 0.15) is 11.6 Å². The van der Waals surface area contributed by atoms with Crippen molar-refractivity contribution in [2.75, 3.05) is 19.0 Å². The third kappa shape index (κ3) is 3.38. The zero-order chi connectivity index (χ0) is 15.4. The van der Waals surface area contributed by atoms with Gasteiger partial charge in [0.05, 0.1) is 18.2 Å². The fourth-order valence-electron chi connectivity index (χ4n) is 2.41. The van der Waals surface area contributed by atoms with Gasteiger partial charge in [-0.15, -0.1) is 0 Å². The van der Waals surface area contributed by atoms with Crippen LogP contribution in [0, 0.1) is 0 Å². The lowest BCUT2D eigenvalue weighted by atomic mass is 10.1. The number of anilines is 1. The van der Waals surface area contributed by atoms with Crippen molar-refractivity contribution >= 4 is 28.3 Å². The summed E-state index contributed by atoms with van der Waals surface area (Å²) in [6.45, 7) is 0.552. The van der Waals surface area contributed by atoms with E-state index >= 15 is 0 Å². The van der Waals surface area contributed by atoms with Gasteiger partial charge in [0.15, 0.2) is 0 Å². The standard InChI is InChI=1S/C18H17ClN2O/c1-22-12-17(14-6-9-15(19)10-7-14)21-18-11-8-13-4-2-3-5-16(13)20-18/h2-11,17H,12H2,1H3,(H,20,21)/t17-/m1/s1. The van der Waals surface area contributed by atoms with Gasteiger partial charge in [-0.1, -0.05) is 41.9 Å². The van der Waals surface area contributed by atoms with E-state index in [0.717, 1.165) is 27.3 Å². The quantitative estimate of drug-likeness (QED) is 0.742. The summed E-state index contributed by atoms with van der Waals surface area (Å²) < 4.78 is 5.33. The molecule has 1 atom stereocenters. The Kier molecular flexibility index (Phi) is 4.56. The van der Waals surface area contributed by atoms with E-state index in [9.17, 15) is 0 Å². The van der Waals surface area contributed by atoms with Crippen LogP contribution in [-0.2, 0) is 4.74 Å². The number of para-hydroxylation sites is 1. The zero-order valence-electron chi connectivity index (χ0n) is 12.3. The minimum Gasteiger partial charge on any atom is -0.382 e. The highest BCUT2D eigenvalue weighted by Gasteiger charge is 2.12. The topological polar surface area (TPSA) is 34.1 Å². The Bertz CT molecular complexity index is 758. The van der Waals surface area contributed by atoms with E-state index in [0.29, 0.717) is 6.61 Å². The number of ether oxygens (including phenoxy) is 1. The van der Waals surface area contributed by atoms with Gasteiger partial charge in [-0.3, -0.25) is 0 Å². The first-order valence-electron chi connectivity index (χ1n) is 7.13. The van der Waals surface area contributed by atoms with Gasteiger partial charge in [-0.2, -0.15) is 0 Å². The third-order valence-corrected chi connectivity index (χ3v) is 3.78. The molecule has 1 aromatic heterocycles. The van der Waals surface area contributed by atoms with Crippen molar-refractivity contribution in [3.05, 3.63) is 71.2 Å². The first kappa shape index (κ1) is 14.8. The first-order valence-corrected chi connectivity index (χ1v) is 7.51. The molecule has 0 fully saturated rings. The second kappa shape index (κ2) is 6.77. The molecule has 0 aliphatic rings. The number of benzene rings is 2. The van der Waals surface area contributed by atoms with Crippen LogP contribution < -0.4 is 5.32 Å². The lowest BCUT2D eigenvalue weighted by molar-refractivity contribution is 0.186. The number of aromatic nitrogens is 1. The molecule has 3 nitrogen and oxygen atoms in total.